The van der Waals surface area contributed by atoms with E-state index >= 15 is 0 Å². The molecule has 1 aliphatic heterocycles. The van der Waals surface area contributed by atoms with Gasteiger partial charge < -0.3 is 10.2 Å². The summed E-state index contributed by atoms with van der Waals surface area (Å²) in [7, 11) is 0. The number of anilines is 2. The molecule has 0 aliphatic carbocycles. The van der Waals surface area contributed by atoms with Crippen LogP contribution < -0.4 is 10.2 Å². The molecule has 1 aromatic heterocycles. The first-order valence-electron chi connectivity index (χ1n) is 9.27. The Kier molecular flexibility index (Phi) is 5.03. The van der Waals surface area contributed by atoms with E-state index in [1.54, 1.807) is 47.4 Å². The fourth-order valence-electron chi connectivity index (χ4n) is 3.40. The average molecular weight is 414 g/mol. The summed E-state index contributed by atoms with van der Waals surface area (Å²) in [6.07, 6.45) is -2.60. The Morgan fingerprint density at radius 1 is 1.00 bits per heavy atom. The molecule has 0 atom stereocenters. The van der Waals surface area contributed by atoms with E-state index in [0.717, 1.165) is 12.6 Å². The number of carbonyl (C=O) groups excluding carboxylic acids is 2. The molecular weight excluding hydrogens is 397 g/mol. The second-order valence-electron chi connectivity index (χ2n) is 6.80. The van der Waals surface area contributed by atoms with Gasteiger partial charge in [0.15, 0.2) is 5.69 Å². The molecule has 2 amide bonds. The Hall–Kier alpha value is -3.62. The molecule has 4 rings (SSSR count). The van der Waals surface area contributed by atoms with Crippen LogP contribution in [0, 0.1) is 0 Å². The van der Waals surface area contributed by atoms with Gasteiger partial charge in [-0.2, -0.15) is 18.3 Å². The van der Waals surface area contributed by atoms with Crippen molar-refractivity contribution in [1.82, 2.24) is 9.78 Å². The highest BCUT2D eigenvalue weighted by atomic mass is 19.4. The van der Waals surface area contributed by atoms with Crippen LogP contribution in [0.25, 0.3) is 5.69 Å². The maximum Gasteiger partial charge on any atom is 0.434 e. The minimum absolute atomic E-state index is 0.0231. The predicted octanol–water partition coefficient (Wildman–Crippen LogP) is 4.27. The van der Waals surface area contributed by atoms with Crippen LogP contribution in [0.15, 0.2) is 60.8 Å². The number of rotatable bonds is 4. The third-order valence-corrected chi connectivity index (χ3v) is 4.79. The zero-order valence-corrected chi connectivity index (χ0v) is 15.7. The van der Waals surface area contributed by atoms with Crippen molar-refractivity contribution in [2.45, 2.75) is 19.0 Å². The summed E-state index contributed by atoms with van der Waals surface area (Å²) < 4.78 is 41.8. The number of para-hydroxylation sites is 1. The lowest BCUT2D eigenvalue weighted by atomic mass is 10.2. The smallest absolute Gasteiger partial charge is 0.322 e. The summed E-state index contributed by atoms with van der Waals surface area (Å²) in [5.74, 6) is -0.899. The van der Waals surface area contributed by atoms with Crippen LogP contribution >= 0.6 is 0 Å². The van der Waals surface area contributed by atoms with Gasteiger partial charge in [-0.1, -0.05) is 18.2 Å². The van der Waals surface area contributed by atoms with Gasteiger partial charge in [-0.25, -0.2) is 4.68 Å². The predicted molar refractivity (Wildman–Crippen MR) is 105 cm³/mol. The molecule has 1 N–H and O–H groups in total. The molecule has 1 fully saturated rings. The molecule has 0 spiro atoms. The van der Waals surface area contributed by atoms with Crippen molar-refractivity contribution in [1.29, 1.82) is 0 Å². The molecule has 0 unspecified atom stereocenters. The molecule has 9 heteroatoms. The molecule has 0 radical (unpaired) electrons. The van der Waals surface area contributed by atoms with Crippen LogP contribution in [0.5, 0.6) is 0 Å². The topological polar surface area (TPSA) is 67.2 Å². The highest BCUT2D eigenvalue weighted by Gasteiger charge is 2.40. The molecule has 6 nitrogen and oxygen atoms in total. The van der Waals surface area contributed by atoms with Crippen LogP contribution in [-0.2, 0) is 11.0 Å². The summed E-state index contributed by atoms with van der Waals surface area (Å²) in [5.41, 5.74) is -0.529. The second-order valence-corrected chi connectivity index (χ2v) is 6.80. The highest BCUT2D eigenvalue weighted by Crippen LogP contribution is 2.34. The maximum atomic E-state index is 13.7. The molecule has 3 aromatic rings. The number of amides is 2. The first kappa shape index (κ1) is 19.7. The van der Waals surface area contributed by atoms with E-state index in [2.05, 4.69) is 10.4 Å². The lowest BCUT2D eigenvalue weighted by Crippen LogP contribution is -2.23. The van der Waals surface area contributed by atoms with E-state index in [0.29, 0.717) is 29.0 Å². The average Bonchev–Trinajstić information content (AvgIpc) is 3.36. The van der Waals surface area contributed by atoms with Crippen molar-refractivity contribution in [3.05, 3.63) is 72.1 Å². The first-order chi connectivity index (χ1) is 14.3. The van der Waals surface area contributed by atoms with Crippen LogP contribution in [-0.4, -0.2) is 28.1 Å². The van der Waals surface area contributed by atoms with Crippen molar-refractivity contribution >= 4 is 23.2 Å². The third-order valence-electron chi connectivity index (χ3n) is 4.79. The Balaban J connectivity index is 1.59. The van der Waals surface area contributed by atoms with Crippen molar-refractivity contribution in [2.24, 2.45) is 0 Å². The quantitative estimate of drug-likeness (QED) is 0.693. The SMILES string of the molecule is O=C(Nc1ccc(N2CCCC2=O)cc1)c1cnn(-c2ccccc2)c1C(F)(F)F. The zero-order valence-electron chi connectivity index (χ0n) is 15.7. The minimum atomic E-state index is -4.78. The lowest BCUT2D eigenvalue weighted by Gasteiger charge is -2.16. The van der Waals surface area contributed by atoms with Gasteiger partial charge in [-0.05, 0) is 42.8 Å². The molecule has 0 bridgehead atoms. The largest absolute Gasteiger partial charge is 0.434 e. The monoisotopic (exact) mass is 414 g/mol. The van der Waals surface area contributed by atoms with E-state index in [9.17, 15) is 22.8 Å². The van der Waals surface area contributed by atoms with Gasteiger partial charge in [0.05, 0.1) is 17.4 Å². The van der Waals surface area contributed by atoms with E-state index in [4.69, 9.17) is 0 Å². The molecule has 1 saturated heterocycles. The summed E-state index contributed by atoms with van der Waals surface area (Å²) in [4.78, 5) is 26.0. The fourth-order valence-corrected chi connectivity index (χ4v) is 3.40. The van der Waals surface area contributed by atoms with Crippen molar-refractivity contribution in [3.8, 4) is 5.69 Å². The van der Waals surface area contributed by atoms with Gasteiger partial charge in [0.2, 0.25) is 5.91 Å². The maximum absolute atomic E-state index is 13.7. The Bertz CT molecular complexity index is 1080. The van der Waals surface area contributed by atoms with Gasteiger partial charge >= 0.3 is 6.18 Å². The van der Waals surface area contributed by atoms with E-state index in [1.807, 2.05) is 0 Å². The molecule has 1 aliphatic rings. The molecule has 0 saturated carbocycles. The third kappa shape index (κ3) is 3.78. The van der Waals surface area contributed by atoms with E-state index in [-0.39, 0.29) is 11.6 Å². The molecule has 30 heavy (non-hydrogen) atoms. The zero-order chi connectivity index (χ0) is 21.3. The van der Waals surface area contributed by atoms with Crippen LogP contribution in [0.3, 0.4) is 0 Å². The minimum Gasteiger partial charge on any atom is -0.322 e. The summed E-state index contributed by atoms with van der Waals surface area (Å²) in [6.45, 7) is 0.623. The fraction of sp³-hybridized carbons (Fsp3) is 0.190. The summed E-state index contributed by atoms with van der Waals surface area (Å²) in [5, 5.41) is 6.25. The molecular formula is C21H17F3N4O2. The number of benzene rings is 2. The Morgan fingerprint density at radius 2 is 1.70 bits per heavy atom. The van der Waals surface area contributed by atoms with Crippen molar-refractivity contribution in [2.75, 3.05) is 16.8 Å². The number of nitrogens with zero attached hydrogens (tertiary/aromatic N) is 3. The molecule has 154 valence electrons. The summed E-state index contributed by atoms with van der Waals surface area (Å²) >= 11 is 0. The van der Waals surface area contributed by atoms with Crippen LogP contribution in [0.1, 0.15) is 28.9 Å². The van der Waals surface area contributed by atoms with Gasteiger partial charge in [0.25, 0.3) is 5.91 Å². The first-order valence-corrected chi connectivity index (χ1v) is 9.27. The lowest BCUT2D eigenvalue weighted by molar-refractivity contribution is -0.143. The second kappa shape index (κ2) is 7.66. The van der Waals surface area contributed by atoms with Crippen LogP contribution in [0.2, 0.25) is 0 Å². The van der Waals surface area contributed by atoms with Gasteiger partial charge in [-0.3, -0.25) is 9.59 Å². The van der Waals surface area contributed by atoms with E-state index < -0.39 is 23.3 Å². The number of aromatic nitrogens is 2. The molecule has 2 aromatic carbocycles. The van der Waals surface area contributed by atoms with Gasteiger partial charge in [0.1, 0.15) is 0 Å². The number of halogens is 3. The Labute approximate surface area is 169 Å². The number of alkyl halides is 3. The van der Waals surface area contributed by atoms with Crippen molar-refractivity contribution < 1.29 is 22.8 Å². The van der Waals surface area contributed by atoms with Crippen molar-refractivity contribution in [3.63, 3.8) is 0 Å². The number of nitrogens with one attached hydrogen (secondary N) is 1. The normalized spacial score (nSPS) is 14.2. The standard InChI is InChI=1S/C21H17F3N4O2/c22-21(23,24)19-17(13-25-28(19)16-5-2-1-3-6-16)20(30)26-14-8-10-15(11-9-14)27-12-4-7-18(27)29/h1-3,5-6,8-11,13H,4,7,12H2,(H,26,30). The van der Waals surface area contributed by atoms with Crippen LogP contribution in [0.4, 0.5) is 24.5 Å². The Morgan fingerprint density at radius 3 is 2.30 bits per heavy atom. The number of hydrogen-bond acceptors (Lipinski definition) is 3. The molecule has 2 heterocycles. The summed E-state index contributed by atoms with van der Waals surface area (Å²) in [6, 6.07) is 14.2. The number of carbonyl (C=O) groups is 2. The number of hydrogen-bond donors (Lipinski definition) is 1. The van der Waals surface area contributed by atoms with Gasteiger partial charge in [-0.15, -0.1) is 0 Å². The van der Waals surface area contributed by atoms with E-state index in [1.165, 1.54) is 12.1 Å². The highest BCUT2D eigenvalue weighted by molar-refractivity contribution is 6.05. The van der Waals surface area contributed by atoms with Gasteiger partial charge in [0, 0.05) is 24.3 Å².